The Balaban J connectivity index is 2.26. The molecule has 0 unspecified atom stereocenters. The summed E-state index contributed by atoms with van der Waals surface area (Å²) in [7, 11) is 0. The van der Waals surface area contributed by atoms with Gasteiger partial charge in [-0.1, -0.05) is 0 Å². The van der Waals surface area contributed by atoms with E-state index in [1.54, 1.807) is 24.3 Å². The summed E-state index contributed by atoms with van der Waals surface area (Å²) in [6.07, 6.45) is -4.05. The quantitative estimate of drug-likeness (QED) is 0.718. The Morgan fingerprint density at radius 3 is 2.13 bits per heavy atom. The molecule has 0 amide bonds. The zero-order chi connectivity index (χ0) is 17.0. The molecule has 0 radical (unpaired) electrons. The molecule has 6 heteroatoms. The van der Waals surface area contributed by atoms with Crippen molar-refractivity contribution in [3.8, 4) is 17.2 Å². The van der Waals surface area contributed by atoms with E-state index >= 15 is 0 Å². The first-order valence-corrected chi connectivity index (χ1v) is 6.90. The molecule has 0 N–H and O–H groups in total. The van der Waals surface area contributed by atoms with E-state index in [1.807, 2.05) is 13.8 Å². The standard InChI is InChI=1S/C17H15F3O3/c1-11(2)22-14-5-7-15(8-6-14)23-16-9-13(17(18,19)20)4-3-12(16)10-21/h3-11H,1-2H3. The van der Waals surface area contributed by atoms with Crippen molar-refractivity contribution in [2.75, 3.05) is 0 Å². The fourth-order valence-electron chi connectivity index (χ4n) is 1.88. The van der Waals surface area contributed by atoms with Crippen LogP contribution in [0.3, 0.4) is 0 Å². The van der Waals surface area contributed by atoms with Crippen LogP contribution >= 0.6 is 0 Å². The molecule has 0 saturated heterocycles. The van der Waals surface area contributed by atoms with Gasteiger partial charge in [0, 0.05) is 0 Å². The number of hydrogen-bond donors (Lipinski definition) is 0. The average molecular weight is 324 g/mol. The number of aldehydes is 1. The molecule has 0 aromatic heterocycles. The lowest BCUT2D eigenvalue weighted by Crippen LogP contribution is -2.06. The molecular weight excluding hydrogens is 309 g/mol. The first-order chi connectivity index (χ1) is 10.8. The van der Waals surface area contributed by atoms with Crippen LogP contribution in [-0.2, 0) is 6.18 Å². The van der Waals surface area contributed by atoms with Gasteiger partial charge in [-0.3, -0.25) is 4.79 Å². The minimum Gasteiger partial charge on any atom is -0.491 e. The van der Waals surface area contributed by atoms with E-state index in [0.717, 1.165) is 18.2 Å². The molecule has 2 aromatic carbocycles. The fourth-order valence-corrected chi connectivity index (χ4v) is 1.88. The summed E-state index contributed by atoms with van der Waals surface area (Å²) in [5, 5.41) is 0. The molecular formula is C17H15F3O3. The summed E-state index contributed by atoms with van der Waals surface area (Å²) < 4.78 is 49.1. The van der Waals surface area contributed by atoms with Gasteiger partial charge in [0.05, 0.1) is 17.2 Å². The van der Waals surface area contributed by atoms with Crippen molar-refractivity contribution in [2.45, 2.75) is 26.1 Å². The van der Waals surface area contributed by atoms with Gasteiger partial charge < -0.3 is 9.47 Å². The third-order valence-corrected chi connectivity index (χ3v) is 2.89. The van der Waals surface area contributed by atoms with Crippen LogP contribution in [0.2, 0.25) is 0 Å². The Morgan fingerprint density at radius 2 is 1.61 bits per heavy atom. The number of alkyl halides is 3. The van der Waals surface area contributed by atoms with E-state index < -0.39 is 11.7 Å². The van der Waals surface area contributed by atoms with Gasteiger partial charge in [0.1, 0.15) is 17.2 Å². The Kier molecular flexibility index (Phi) is 4.93. The maximum atomic E-state index is 12.8. The predicted octanol–water partition coefficient (Wildman–Crippen LogP) is 5.10. The maximum Gasteiger partial charge on any atom is 0.416 e. The number of hydrogen-bond acceptors (Lipinski definition) is 3. The van der Waals surface area contributed by atoms with Crippen molar-refractivity contribution in [1.29, 1.82) is 0 Å². The van der Waals surface area contributed by atoms with Crippen molar-refractivity contribution in [3.63, 3.8) is 0 Å². The van der Waals surface area contributed by atoms with Crippen molar-refractivity contribution in [1.82, 2.24) is 0 Å². The molecule has 2 aromatic rings. The summed E-state index contributed by atoms with van der Waals surface area (Å²) in [6.45, 7) is 3.76. The van der Waals surface area contributed by atoms with Gasteiger partial charge in [0.2, 0.25) is 0 Å². The van der Waals surface area contributed by atoms with E-state index in [1.165, 1.54) is 0 Å². The highest BCUT2D eigenvalue weighted by Gasteiger charge is 2.31. The molecule has 0 spiro atoms. The molecule has 2 rings (SSSR count). The van der Waals surface area contributed by atoms with E-state index in [2.05, 4.69) is 0 Å². The second-order valence-electron chi connectivity index (χ2n) is 5.11. The zero-order valence-electron chi connectivity index (χ0n) is 12.6. The van der Waals surface area contributed by atoms with E-state index in [9.17, 15) is 18.0 Å². The van der Waals surface area contributed by atoms with Gasteiger partial charge in [-0.15, -0.1) is 0 Å². The smallest absolute Gasteiger partial charge is 0.416 e. The fraction of sp³-hybridized carbons (Fsp3) is 0.235. The summed E-state index contributed by atoms with van der Waals surface area (Å²) >= 11 is 0. The van der Waals surface area contributed by atoms with Gasteiger partial charge >= 0.3 is 6.18 Å². The SMILES string of the molecule is CC(C)Oc1ccc(Oc2cc(C(F)(F)F)ccc2C=O)cc1. The lowest BCUT2D eigenvalue weighted by Gasteiger charge is -2.13. The topological polar surface area (TPSA) is 35.5 Å². The lowest BCUT2D eigenvalue weighted by atomic mass is 10.1. The molecule has 0 bridgehead atoms. The molecule has 23 heavy (non-hydrogen) atoms. The third-order valence-electron chi connectivity index (χ3n) is 2.89. The number of carbonyl (C=O) groups is 1. The number of ether oxygens (including phenoxy) is 2. The molecule has 0 atom stereocenters. The minimum atomic E-state index is -4.51. The Bertz CT molecular complexity index is 676. The summed E-state index contributed by atoms with van der Waals surface area (Å²) in [5.74, 6) is 0.780. The first kappa shape index (κ1) is 16.9. The predicted molar refractivity (Wildman–Crippen MR) is 79.1 cm³/mol. The second kappa shape index (κ2) is 6.73. The van der Waals surface area contributed by atoms with Gasteiger partial charge in [-0.2, -0.15) is 13.2 Å². The maximum absolute atomic E-state index is 12.8. The van der Waals surface area contributed by atoms with E-state index in [0.29, 0.717) is 17.8 Å². The van der Waals surface area contributed by atoms with Crippen molar-refractivity contribution >= 4 is 6.29 Å². The van der Waals surface area contributed by atoms with Crippen molar-refractivity contribution in [3.05, 3.63) is 53.6 Å². The normalized spacial score (nSPS) is 11.4. The Labute approximate surface area is 131 Å². The molecule has 0 aliphatic rings. The largest absolute Gasteiger partial charge is 0.491 e. The van der Waals surface area contributed by atoms with Gasteiger partial charge in [0.15, 0.2) is 6.29 Å². The van der Waals surface area contributed by atoms with E-state index in [-0.39, 0.29) is 17.4 Å². The number of rotatable bonds is 5. The monoisotopic (exact) mass is 324 g/mol. The average Bonchev–Trinajstić information content (AvgIpc) is 2.48. The highest BCUT2D eigenvalue weighted by Crippen LogP contribution is 2.34. The van der Waals surface area contributed by atoms with Crippen LogP contribution in [0.5, 0.6) is 17.2 Å². The van der Waals surface area contributed by atoms with E-state index in [4.69, 9.17) is 9.47 Å². The summed E-state index contributed by atoms with van der Waals surface area (Å²) in [4.78, 5) is 11.0. The lowest BCUT2D eigenvalue weighted by molar-refractivity contribution is -0.137. The molecule has 122 valence electrons. The summed E-state index contributed by atoms with van der Waals surface area (Å²) in [5.41, 5.74) is -0.835. The first-order valence-electron chi connectivity index (χ1n) is 6.90. The Hall–Kier alpha value is -2.50. The van der Waals surface area contributed by atoms with Gasteiger partial charge in [0.25, 0.3) is 0 Å². The van der Waals surface area contributed by atoms with Crippen LogP contribution in [-0.4, -0.2) is 12.4 Å². The van der Waals surface area contributed by atoms with Crippen LogP contribution in [0.25, 0.3) is 0 Å². The molecule has 0 aliphatic heterocycles. The summed E-state index contributed by atoms with van der Waals surface area (Å²) in [6, 6.07) is 9.14. The van der Waals surface area contributed by atoms with Crippen LogP contribution in [0.15, 0.2) is 42.5 Å². The number of halogens is 3. The highest BCUT2D eigenvalue weighted by molar-refractivity contribution is 5.79. The van der Waals surface area contributed by atoms with Gasteiger partial charge in [-0.25, -0.2) is 0 Å². The van der Waals surface area contributed by atoms with Crippen LogP contribution < -0.4 is 9.47 Å². The highest BCUT2D eigenvalue weighted by atomic mass is 19.4. The molecule has 3 nitrogen and oxygen atoms in total. The van der Waals surface area contributed by atoms with Crippen molar-refractivity contribution < 1.29 is 27.4 Å². The van der Waals surface area contributed by atoms with Crippen LogP contribution in [0.4, 0.5) is 13.2 Å². The molecule has 0 heterocycles. The number of carbonyl (C=O) groups excluding carboxylic acids is 1. The molecule has 0 fully saturated rings. The third kappa shape index (κ3) is 4.48. The van der Waals surface area contributed by atoms with Gasteiger partial charge in [-0.05, 0) is 56.3 Å². The zero-order valence-corrected chi connectivity index (χ0v) is 12.6. The minimum absolute atomic E-state index is 0.00639. The van der Waals surface area contributed by atoms with Crippen LogP contribution in [0, 0.1) is 0 Å². The Morgan fingerprint density at radius 1 is 1.00 bits per heavy atom. The van der Waals surface area contributed by atoms with Crippen molar-refractivity contribution in [2.24, 2.45) is 0 Å². The van der Waals surface area contributed by atoms with Crippen LogP contribution in [0.1, 0.15) is 29.8 Å². The number of benzene rings is 2. The molecule has 0 aliphatic carbocycles. The molecule has 0 saturated carbocycles. The second-order valence-corrected chi connectivity index (χ2v) is 5.11.